The number of nitrogens with zero attached hydrogens (tertiary/aromatic N) is 1. The largest absolute Gasteiger partial charge is 0.451 e. The van der Waals surface area contributed by atoms with Crippen LogP contribution in [-0.4, -0.2) is 49.7 Å². The summed E-state index contributed by atoms with van der Waals surface area (Å²) in [7, 11) is 0. The molecule has 1 saturated heterocycles. The van der Waals surface area contributed by atoms with E-state index in [1.165, 1.54) is 34.6 Å². The Morgan fingerprint density at radius 2 is 2.00 bits per heavy atom. The van der Waals surface area contributed by atoms with Gasteiger partial charge in [0, 0.05) is 18.0 Å². The number of carbonyl (C=O) groups is 2. The monoisotopic (exact) mass is 309 g/mol. The second-order valence-electron chi connectivity index (χ2n) is 5.34. The third-order valence-electron chi connectivity index (χ3n) is 3.89. The molecule has 1 aromatic heterocycles. The maximum atomic E-state index is 12.0. The van der Waals surface area contributed by atoms with Crippen LogP contribution in [0.3, 0.4) is 0 Å². The predicted molar refractivity (Wildman–Crippen MR) is 78.6 cm³/mol. The van der Waals surface area contributed by atoms with E-state index in [-0.39, 0.29) is 18.5 Å². The summed E-state index contributed by atoms with van der Waals surface area (Å²) >= 11 is 1.51. The Morgan fingerprint density at radius 3 is 2.76 bits per heavy atom. The Kier molecular flexibility index (Phi) is 4.55. The quantitative estimate of drug-likeness (QED) is 0.797. The molecule has 1 amide bonds. The van der Waals surface area contributed by atoms with Crippen LogP contribution < -0.4 is 0 Å². The van der Waals surface area contributed by atoms with Crippen LogP contribution in [0, 0.1) is 0 Å². The molecule has 0 radical (unpaired) electrons. The highest BCUT2D eigenvalue weighted by Crippen LogP contribution is 2.29. The molecule has 0 spiro atoms. The highest BCUT2D eigenvalue weighted by molar-refractivity contribution is 7.14. The molecule has 5 nitrogen and oxygen atoms in total. The summed E-state index contributed by atoms with van der Waals surface area (Å²) in [5.41, 5.74) is 1.28. The third kappa shape index (κ3) is 3.44. The normalized spacial score (nSPS) is 18.2. The van der Waals surface area contributed by atoms with Gasteiger partial charge in [-0.15, -0.1) is 11.3 Å². The van der Waals surface area contributed by atoms with E-state index in [0.29, 0.717) is 31.2 Å². The molecule has 0 atom stereocenters. The van der Waals surface area contributed by atoms with Gasteiger partial charge in [-0.1, -0.05) is 0 Å². The number of aryl methyl sites for hydroxylation is 2. The number of ether oxygens (including phenoxy) is 2. The van der Waals surface area contributed by atoms with Crippen molar-refractivity contribution in [2.45, 2.75) is 25.7 Å². The van der Waals surface area contributed by atoms with Crippen molar-refractivity contribution in [1.29, 1.82) is 0 Å². The highest BCUT2D eigenvalue weighted by Gasteiger charge is 2.21. The molecular weight excluding hydrogens is 290 g/mol. The minimum Gasteiger partial charge on any atom is -0.451 e. The topological polar surface area (TPSA) is 55.8 Å². The Hall–Kier alpha value is -1.40. The zero-order valence-electron chi connectivity index (χ0n) is 11.9. The lowest BCUT2D eigenvalue weighted by Crippen LogP contribution is -2.42. The van der Waals surface area contributed by atoms with Gasteiger partial charge in [0.2, 0.25) is 0 Å². The molecule has 2 aliphatic rings. The van der Waals surface area contributed by atoms with Crippen molar-refractivity contribution in [3.63, 3.8) is 0 Å². The summed E-state index contributed by atoms with van der Waals surface area (Å²) in [5, 5.41) is 0. The molecule has 1 aliphatic heterocycles. The number of hydrogen-bond acceptors (Lipinski definition) is 5. The van der Waals surface area contributed by atoms with Crippen LogP contribution in [0.1, 0.15) is 33.0 Å². The van der Waals surface area contributed by atoms with Crippen LogP contribution in [0.15, 0.2) is 6.07 Å². The molecule has 1 fully saturated rings. The number of thiophene rings is 1. The summed E-state index contributed by atoms with van der Waals surface area (Å²) in [4.78, 5) is 27.6. The number of fused-ring (bicyclic) bond motifs is 1. The lowest BCUT2D eigenvalue weighted by atomic mass is 9.99. The second-order valence-corrected chi connectivity index (χ2v) is 6.47. The summed E-state index contributed by atoms with van der Waals surface area (Å²) in [5.74, 6) is -0.524. The first-order chi connectivity index (χ1) is 10.2. The first-order valence-electron chi connectivity index (χ1n) is 7.38. The van der Waals surface area contributed by atoms with Gasteiger partial charge in [-0.3, -0.25) is 4.79 Å². The van der Waals surface area contributed by atoms with Crippen LogP contribution in [0.2, 0.25) is 0 Å². The molecule has 114 valence electrons. The van der Waals surface area contributed by atoms with Crippen LogP contribution in [0.25, 0.3) is 0 Å². The molecule has 21 heavy (non-hydrogen) atoms. The van der Waals surface area contributed by atoms with E-state index in [2.05, 4.69) is 0 Å². The van der Waals surface area contributed by atoms with Crippen molar-refractivity contribution in [3.05, 3.63) is 21.4 Å². The maximum absolute atomic E-state index is 12.0. The number of morpholine rings is 1. The first kappa shape index (κ1) is 14.5. The van der Waals surface area contributed by atoms with Gasteiger partial charge in [0.05, 0.1) is 13.2 Å². The molecule has 0 unspecified atom stereocenters. The Bertz CT molecular complexity index is 510. The number of rotatable bonds is 3. The minimum absolute atomic E-state index is 0.145. The Labute approximate surface area is 127 Å². The fraction of sp³-hybridized carbons (Fsp3) is 0.600. The Balaban J connectivity index is 1.53. The molecule has 3 rings (SSSR count). The second kappa shape index (κ2) is 6.58. The van der Waals surface area contributed by atoms with Crippen LogP contribution in [0.4, 0.5) is 0 Å². The molecule has 6 heteroatoms. The summed E-state index contributed by atoms with van der Waals surface area (Å²) in [6.07, 6.45) is 4.48. The van der Waals surface area contributed by atoms with E-state index < -0.39 is 0 Å². The first-order valence-corrected chi connectivity index (χ1v) is 8.20. The van der Waals surface area contributed by atoms with Gasteiger partial charge in [0.1, 0.15) is 4.88 Å². The summed E-state index contributed by atoms with van der Waals surface area (Å²) in [6, 6.07) is 1.93. The molecular formula is C15H19NO4S. The van der Waals surface area contributed by atoms with Crippen LogP contribution >= 0.6 is 11.3 Å². The molecule has 0 aromatic carbocycles. The predicted octanol–water partition coefficient (Wildman–Crippen LogP) is 1.64. The van der Waals surface area contributed by atoms with Gasteiger partial charge in [0.25, 0.3) is 5.91 Å². The van der Waals surface area contributed by atoms with Gasteiger partial charge >= 0.3 is 5.97 Å². The highest BCUT2D eigenvalue weighted by atomic mass is 32.1. The van der Waals surface area contributed by atoms with Gasteiger partial charge in [-0.2, -0.15) is 0 Å². The van der Waals surface area contributed by atoms with E-state index in [0.717, 1.165) is 12.8 Å². The average Bonchev–Trinajstić information content (AvgIpc) is 2.97. The van der Waals surface area contributed by atoms with Crippen molar-refractivity contribution in [3.8, 4) is 0 Å². The van der Waals surface area contributed by atoms with Crippen molar-refractivity contribution in [2.75, 3.05) is 32.9 Å². The molecule has 1 aliphatic carbocycles. The van der Waals surface area contributed by atoms with E-state index in [1.807, 2.05) is 6.07 Å². The summed E-state index contributed by atoms with van der Waals surface area (Å²) in [6.45, 7) is 2.07. The zero-order chi connectivity index (χ0) is 14.7. The van der Waals surface area contributed by atoms with E-state index in [9.17, 15) is 9.59 Å². The van der Waals surface area contributed by atoms with Crippen molar-refractivity contribution >= 4 is 23.2 Å². The number of carbonyl (C=O) groups excluding carboxylic acids is 2. The van der Waals surface area contributed by atoms with E-state index >= 15 is 0 Å². The fourth-order valence-corrected chi connectivity index (χ4v) is 3.84. The van der Waals surface area contributed by atoms with Crippen LogP contribution in [-0.2, 0) is 27.1 Å². The fourth-order valence-electron chi connectivity index (χ4n) is 2.69. The molecule has 0 bridgehead atoms. The smallest absolute Gasteiger partial charge is 0.348 e. The average molecular weight is 309 g/mol. The molecule has 1 aromatic rings. The van der Waals surface area contributed by atoms with Gasteiger partial charge < -0.3 is 14.4 Å². The van der Waals surface area contributed by atoms with Crippen molar-refractivity contribution in [1.82, 2.24) is 4.90 Å². The molecule has 0 N–H and O–H groups in total. The number of amides is 1. The van der Waals surface area contributed by atoms with Crippen molar-refractivity contribution < 1.29 is 19.1 Å². The van der Waals surface area contributed by atoms with E-state index in [1.54, 1.807) is 4.90 Å². The maximum Gasteiger partial charge on any atom is 0.348 e. The molecule has 0 saturated carbocycles. The Morgan fingerprint density at radius 1 is 1.24 bits per heavy atom. The minimum atomic E-state index is -0.379. The number of hydrogen-bond donors (Lipinski definition) is 0. The lowest BCUT2D eigenvalue weighted by Gasteiger charge is -2.26. The zero-order valence-corrected chi connectivity index (χ0v) is 12.7. The van der Waals surface area contributed by atoms with E-state index in [4.69, 9.17) is 9.47 Å². The third-order valence-corrected chi connectivity index (χ3v) is 5.11. The van der Waals surface area contributed by atoms with Crippen LogP contribution in [0.5, 0.6) is 0 Å². The SMILES string of the molecule is O=C(OCC(=O)N1CCOCC1)c1cc2c(s1)CCCC2. The van der Waals surface area contributed by atoms with Gasteiger partial charge in [-0.05, 0) is 37.3 Å². The standard InChI is InChI=1S/C15H19NO4S/c17-14(16-5-7-19-8-6-16)10-20-15(18)13-9-11-3-1-2-4-12(11)21-13/h9H,1-8,10H2. The lowest BCUT2D eigenvalue weighted by molar-refractivity contribution is -0.138. The summed E-state index contributed by atoms with van der Waals surface area (Å²) < 4.78 is 10.4. The van der Waals surface area contributed by atoms with Gasteiger partial charge in [0.15, 0.2) is 6.61 Å². The number of esters is 1. The molecule has 2 heterocycles. The van der Waals surface area contributed by atoms with Crippen molar-refractivity contribution in [2.24, 2.45) is 0 Å². The van der Waals surface area contributed by atoms with Gasteiger partial charge in [-0.25, -0.2) is 4.79 Å².